The van der Waals surface area contributed by atoms with E-state index in [1.807, 2.05) is 0 Å². The average Bonchev–Trinajstić information content (AvgIpc) is 2.72. The van der Waals surface area contributed by atoms with Crippen molar-refractivity contribution in [3.05, 3.63) is 35.3 Å². The molecule has 0 aliphatic heterocycles. The van der Waals surface area contributed by atoms with Gasteiger partial charge in [-0.25, -0.2) is 9.18 Å². The number of nitrogens with zero attached hydrogens (tertiary/aromatic N) is 1. The lowest BCUT2D eigenvalue weighted by Gasteiger charge is -2.02. The van der Waals surface area contributed by atoms with Gasteiger partial charge in [0.2, 0.25) is 5.76 Å². The summed E-state index contributed by atoms with van der Waals surface area (Å²) < 4.78 is 18.1. The molecule has 0 atom stereocenters. The maximum absolute atomic E-state index is 13.6. The summed E-state index contributed by atoms with van der Waals surface area (Å²) in [5.74, 6) is -2.38. The smallest absolute Gasteiger partial charge is 0.374 e. The van der Waals surface area contributed by atoms with Crippen LogP contribution in [0.4, 0.5) is 4.39 Å². The third-order valence-corrected chi connectivity index (χ3v) is 2.28. The van der Waals surface area contributed by atoms with Crippen LogP contribution in [0.2, 0.25) is 0 Å². The van der Waals surface area contributed by atoms with Crippen molar-refractivity contribution < 1.29 is 23.9 Å². The van der Waals surface area contributed by atoms with Crippen molar-refractivity contribution in [2.24, 2.45) is 0 Å². The van der Waals surface area contributed by atoms with Crippen LogP contribution in [0.5, 0.6) is 5.75 Å². The Morgan fingerprint density at radius 1 is 1.41 bits per heavy atom. The molecule has 5 nitrogen and oxygen atoms in total. The number of hydrogen-bond acceptors (Lipinski definition) is 4. The summed E-state index contributed by atoms with van der Waals surface area (Å²) in [5.41, 5.74) is 0.396. The number of aromatic hydroxyl groups is 1. The first-order chi connectivity index (χ1) is 7.99. The third kappa shape index (κ3) is 1.96. The Morgan fingerprint density at radius 2 is 2.12 bits per heavy atom. The molecule has 0 fully saturated rings. The number of rotatable bonds is 2. The summed E-state index contributed by atoms with van der Waals surface area (Å²) >= 11 is 0. The molecular formula is C11H8FNO4. The maximum Gasteiger partial charge on any atom is 0.374 e. The molecule has 1 heterocycles. The third-order valence-electron chi connectivity index (χ3n) is 2.28. The lowest BCUT2D eigenvalue weighted by molar-refractivity contribution is 0.0652. The van der Waals surface area contributed by atoms with Crippen molar-refractivity contribution in [3.63, 3.8) is 0 Å². The Hall–Kier alpha value is -2.37. The van der Waals surface area contributed by atoms with E-state index in [1.54, 1.807) is 6.92 Å². The van der Waals surface area contributed by atoms with Gasteiger partial charge in [0.25, 0.3) is 0 Å². The zero-order valence-electron chi connectivity index (χ0n) is 8.77. The monoisotopic (exact) mass is 237 g/mol. The SMILES string of the molecule is Cc1cc(F)c(-c2cc(C(=O)O)on2)cc1O. The number of benzene rings is 1. The first kappa shape index (κ1) is 11.1. The largest absolute Gasteiger partial charge is 0.508 e. The van der Waals surface area contributed by atoms with E-state index in [9.17, 15) is 14.3 Å². The number of hydrogen-bond donors (Lipinski definition) is 2. The minimum atomic E-state index is -1.29. The van der Waals surface area contributed by atoms with Gasteiger partial charge in [0.1, 0.15) is 17.3 Å². The van der Waals surface area contributed by atoms with Gasteiger partial charge in [-0.2, -0.15) is 0 Å². The highest BCUT2D eigenvalue weighted by molar-refractivity contribution is 5.85. The molecule has 88 valence electrons. The number of carboxylic acids is 1. The van der Waals surface area contributed by atoms with Gasteiger partial charge in [-0.05, 0) is 24.6 Å². The molecule has 0 saturated carbocycles. The van der Waals surface area contributed by atoms with Gasteiger partial charge >= 0.3 is 5.97 Å². The van der Waals surface area contributed by atoms with E-state index >= 15 is 0 Å². The maximum atomic E-state index is 13.6. The molecule has 2 rings (SSSR count). The van der Waals surface area contributed by atoms with Crippen LogP contribution >= 0.6 is 0 Å². The van der Waals surface area contributed by atoms with Crippen LogP contribution in [0.1, 0.15) is 16.1 Å². The van der Waals surface area contributed by atoms with Crippen LogP contribution in [0.3, 0.4) is 0 Å². The van der Waals surface area contributed by atoms with E-state index in [2.05, 4.69) is 9.68 Å². The molecule has 0 saturated heterocycles. The fourth-order valence-electron chi connectivity index (χ4n) is 1.36. The molecule has 1 aromatic carbocycles. The number of carbonyl (C=O) groups is 1. The van der Waals surface area contributed by atoms with E-state index in [0.717, 1.165) is 12.1 Å². The van der Waals surface area contributed by atoms with E-state index < -0.39 is 11.8 Å². The lowest BCUT2D eigenvalue weighted by atomic mass is 10.1. The number of aromatic carboxylic acids is 1. The Labute approximate surface area is 95.1 Å². The van der Waals surface area contributed by atoms with Crippen LogP contribution in [0.15, 0.2) is 22.7 Å². The van der Waals surface area contributed by atoms with Crippen molar-refractivity contribution in [1.29, 1.82) is 0 Å². The fourth-order valence-corrected chi connectivity index (χ4v) is 1.36. The standard InChI is InChI=1S/C11H8FNO4/c1-5-2-7(12)6(3-9(5)14)8-4-10(11(15)16)17-13-8/h2-4,14H,1H3,(H,15,16). The summed E-state index contributed by atoms with van der Waals surface area (Å²) in [6.07, 6.45) is 0. The highest BCUT2D eigenvalue weighted by atomic mass is 19.1. The summed E-state index contributed by atoms with van der Waals surface area (Å²) in [4.78, 5) is 10.6. The molecule has 1 aromatic heterocycles. The van der Waals surface area contributed by atoms with Crippen molar-refractivity contribution in [1.82, 2.24) is 5.16 Å². The second kappa shape index (κ2) is 3.89. The van der Waals surface area contributed by atoms with Gasteiger partial charge in [-0.1, -0.05) is 5.16 Å². The molecule has 0 aliphatic carbocycles. The van der Waals surface area contributed by atoms with E-state index in [4.69, 9.17) is 5.11 Å². The number of carboxylic acid groups (broad SMARTS) is 1. The molecule has 0 radical (unpaired) electrons. The predicted octanol–water partition coefficient (Wildman–Crippen LogP) is 2.19. The summed E-state index contributed by atoms with van der Waals surface area (Å²) in [6, 6.07) is 3.41. The Kier molecular flexibility index (Phi) is 2.55. The number of aromatic nitrogens is 1. The van der Waals surface area contributed by atoms with E-state index in [-0.39, 0.29) is 22.8 Å². The molecular weight excluding hydrogens is 229 g/mol. The van der Waals surface area contributed by atoms with Gasteiger partial charge in [0.15, 0.2) is 0 Å². The average molecular weight is 237 g/mol. The van der Waals surface area contributed by atoms with Crippen molar-refractivity contribution in [3.8, 4) is 17.0 Å². The first-order valence-electron chi connectivity index (χ1n) is 4.68. The highest BCUT2D eigenvalue weighted by Crippen LogP contribution is 2.28. The highest BCUT2D eigenvalue weighted by Gasteiger charge is 2.16. The lowest BCUT2D eigenvalue weighted by Crippen LogP contribution is -1.91. The molecule has 0 bridgehead atoms. The zero-order valence-corrected chi connectivity index (χ0v) is 8.77. The minimum absolute atomic E-state index is 0.00986. The van der Waals surface area contributed by atoms with Gasteiger partial charge in [-0.3, -0.25) is 0 Å². The quantitative estimate of drug-likeness (QED) is 0.836. The number of phenols is 1. The van der Waals surface area contributed by atoms with Gasteiger partial charge in [-0.15, -0.1) is 0 Å². The van der Waals surface area contributed by atoms with Gasteiger partial charge < -0.3 is 14.7 Å². The molecule has 0 unspecified atom stereocenters. The van der Waals surface area contributed by atoms with Crippen molar-refractivity contribution >= 4 is 5.97 Å². The zero-order chi connectivity index (χ0) is 12.6. The molecule has 0 spiro atoms. The predicted molar refractivity (Wildman–Crippen MR) is 55.3 cm³/mol. The summed E-state index contributed by atoms with van der Waals surface area (Å²) in [6.45, 7) is 1.55. The topological polar surface area (TPSA) is 83.6 Å². The van der Waals surface area contributed by atoms with Gasteiger partial charge in [0.05, 0.1) is 0 Å². The molecule has 17 heavy (non-hydrogen) atoms. The number of halogens is 1. The van der Waals surface area contributed by atoms with Crippen LogP contribution in [0.25, 0.3) is 11.3 Å². The summed E-state index contributed by atoms with van der Waals surface area (Å²) in [7, 11) is 0. The molecule has 6 heteroatoms. The van der Waals surface area contributed by atoms with E-state index in [0.29, 0.717) is 5.56 Å². The van der Waals surface area contributed by atoms with E-state index in [1.165, 1.54) is 6.07 Å². The van der Waals surface area contributed by atoms with Crippen LogP contribution in [0, 0.1) is 12.7 Å². The van der Waals surface area contributed by atoms with Crippen LogP contribution in [-0.2, 0) is 0 Å². The summed E-state index contributed by atoms with van der Waals surface area (Å²) in [5, 5.41) is 21.5. The number of phenolic OH excluding ortho intramolecular Hbond substituents is 1. The number of aryl methyl sites for hydroxylation is 1. The Morgan fingerprint density at radius 3 is 2.71 bits per heavy atom. The van der Waals surface area contributed by atoms with Crippen LogP contribution in [-0.4, -0.2) is 21.3 Å². The second-order valence-electron chi connectivity index (χ2n) is 3.50. The van der Waals surface area contributed by atoms with Crippen LogP contribution < -0.4 is 0 Å². The Bertz CT molecular complexity index is 591. The first-order valence-corrected chi connectivity index (χ1v) is 4.68. The van der Waals surface area contributed by atoms with Gasteiger partial charge in [0, 0.05) is 11.6 Å². The van der Waals surface area contributed by atoms with Crippen molar-refractivity contribution in [2.45, 2.75) is 6.92 Å². The molecule has 2 N–H and O–H groups in total. The second-order valence-corrected chi connectivity index (χ2v) is 3.50. The Balaban J connectivity index is 2.52. The fraction of sp³-hybridized carbons (Fsp3) is 0.0909. The normalized spacial score (nSPS) is 10.5. The molecule has 0 aliphatic rings. The minimum Gasteiger partial charge on any atom is -0.508 e. The molecule has 0 amide bonds. The van der Waals surface area contributed by atoms with Crippen molar-refractivity contribution in [2.75, 3.05) is 0 Å². The molecule has 2 aromatic rings.